The average Bonchev–Trinajstić information content (AvgIpc) is 3.24. The van der Waals surface area contributed by atoms with Gasteiger partial charge in [0.25, 0.3) is 5.91 Å². The van der Waals surface area contributed by atoms with Gasteiger partial charge in [0, 0.05) is 15.7 Å². The smallest absolute Gasteiger partial charge is 0.256 e. The summed E-state index contributed by atoms with van der Waals surface area (Å²) >= 11 is 1.92. The first-order chi connectivity index (χ1) is 15.7. The van der Waals surface area contributed by atoms with Crippen molar-refractivity contribution in [1.82, 2.24) is 10.2 Å². The number of nitrogens with one attached hydrogen (secondary N) is 2. The predicted octanol–water partition coefficient (Wildman–Crippen LogP) is 3.53. The molecule has 0 aromatic heterocycles. The fraction of sp³-hybridized carbons (Fsp3) is 0.435. The molecule has 1 saturated heterocycles. The zero-order valence-electron chi connectivity index (χ0n) is 17.8. The summed E-state index contributed by atoms with van der Waals surface area (Å²) in [6.45, 7) is 0.173. The molecule has 4 rings (SSSR count). The number of anilines is 2. The molecule has 2 aliphatic rings. The highest BCUT2D eigenvalue weighted by atomic mass is 127. The molecule has 10 heteroatoms. The number of carbonyl (C=O) groups excluding carboxylic acids is 1. The normalized spacial score (nSPS) is 18.8. The number of aliphatic hydroxyl groups excluding tert-OH is 1. The van der Waals surface area contributed by atoms with Crippen molar-refractivity contribution in [3.63, 3.8) is 0 Å². The van der Waals surface area contributed by atoms with Crippen LogP contribution in [-0.4, -0.2) is 58.4 Å². The van der Waals surface area contributed by atoms with Gasteiger partial charge in [0.1, 0.15) is 11.4 Å². The maximum atomic E-state index is 14.6. The number of hydrogen-bond acceptors (Lipinski definition) is 5. The molecule has 4 N–H and O–H groups in total. The number of β-amino-alcohol motifs (C(OH)–C–C–N with tert-alkyl or cyclic N) is 1. The number of rotatable bonds is 7. The van der Waals surface area contributed by atoms with Crippen LogP contribution in [0, 0.1) is 21.0 Å². The zero-order chi connectivity index (χ0) is 23.8. The highest BCUT2D eigenvalue weighted by Crippen LogP contribution is 2.33. The summed E-state index contributed by atoms with van der Waals surface area (Å²) in [5.74, 6) is -3.74. The van der Waals surface area contributed by atoms with Gasteiger partial charge in [0.2, 0.25) is 0 Å². The highest BCUT2D eigenvalue weighted by Gasteiger charge is 2.46. The van der Waals surface area contributed by atoms with E-state index in [1.54, 1.807) is 6.07 Å². The molecule has 2 fully saturated rings. The van der Waals surface area contributed by atoms with E-state index < -0.39 is 40.2 Å². The average molecular weight is 575 g/mol. The third kappa shape index (κ3) is 4.98. The lowest BCUT2D eigenvalue weighted by Gasteiger charge is -2.48. The van der Waals surface area contributed by atoms with E-state index in [0.717, 1.165) is 37.8 Å². The predicted molar refractivity (Wildman–Crippen MR) is 126 cm³/mol. The number of aliphatic hydroxyl groups is 2. The molecular weight excluding hydrogens is 550 g/mol. The summed E-state index contributed by atoms with van der Waals surface area (Å²) in [6.07, 6.45) is 3.65. The van der Waals surface area contributed by atoms with Gasteiger partial charge in [-0.25, -0.2) is 13.2 Å². The summed E-state index contributed by atoms with van der Waals surface area (Å²) < 4.78 is 43.4. The Morgan fingerprint density at radius 3 is 2.42 bits per heavy atom. The minimum atomic E-state index is -1.29. The number of likely N-dealkylation sites (tertiary alicyclic amines) is 1. The van der Waals surface area contributed by atoms with Crippen molar-refractivity contribution in [2.45, 2.75) is 36.8 Å². The molecular formula is C23H25F3IN3O3. The molecule has 1 amide bonds. The third-order valence-electron chi connectivity index (χ3n) is 6.43. The molecule has 1 aliphatic carbocycles. The number of carbonyl (C=O) groups is 1. The van der Waals surface area contributed by atoms with E-state index in [2.05, 4.69) is 10.6 Å². The van der Waals surface area contributed by atoms with E-state index in [4.69, 9.17) is 0 Å². The van der Waals surface area contributed by atoms with Crippen LogP contribution in [0.3, 0.4) is 0 Å². The highest BCUT2D eigenvalue weighted by molar-refractivity contribution is 14.1. The summed E-state index contributed by atoms with van der Waals surface area (Å²) in [5.41, 5.74) is -2.31. The Morgan fingerprint density at radius 1 is 1.09 bits per heavy atom. The molecule has 2 aromatic rings. The Balaban J connectivity index is 1.48. The SMILES string of the molecule is O=C(c1ccc(F)c(F)c1Nc1ccc(I)cc1F)N1CC(O)(CNC2(CO)CCCC2)C1. The number of nitrogens with zero attached hydrogens (tertiary/aromatic N) is 1. The van der Waals surface area contributed by atoms with Crippen molar-refractivity contribution in [3.8, 4) is 0 Å². The molecule has 1 heterocycles. The Kier molecular flexibility index (Phi) is 6.90. The van der Waals surface area contributed by atoms with Gasteiger partial charge in [-0.05, 0) is 65.8 Å². The van der Waals surface area contributed by atoms with Crippen LogP contribution in [0.5, 0.6) is 0 Å². The van der Waals surface area contributed by atoms with Crippen LogP contribution in [0.15, 0.2) is 30.3 Å². The monoisotopic (exact) mass is 575 g/mol. The maximum Gasteiger partial charge on any atom is 0.256 e. The second-order valence-corrected chi connectivity index (χ2v) is 10.2. The Bertz CT molecular complexity index is 1060. The van der Waals surface area contributed by atoms with Crippen LogP contribution in [0.1, 0.15) is 36.0 Å². The van der Waals surface area contributed by atoms with Gasteiger partial charge in [-0.2, -0.15) is 0 Å². The minimum Gasteiger partial charge on any atom is -0.394 e. The van der Waals surface area contributed by atoms with Crippen molar-refractivity contribution in [2.75, 3.05) is 31.6 Å². The van der Waals surface area contributed by atoms with Crippen LogP contribution in [0.25, 0.3) is 0 Å². The van der Waals surface area contributed by atoms with Gasteiger partial charge in [0.05, 0.1) is 36.6 Å². The van der Waals surface area contributed by atoms with Gasteiger partial charge >= 0.3 is 0 Å². The van der Waals surface area contributed by atoms with Crippen molar-refractivity contribution in [3.05, 3.63) is 56.9 Å². The van der Waals surface area contributed by atoms with Crippen molar-refractivity contribution < 1.29 is 28.2 Å². The van der Waals surface area contributed by atoms with Gasteiger partial charge in [-0.1, -0.05) is 12.8 Å². The van der Waals surface area contributed by atoms with Gasteiger partial charge in [-0.15, -0.1) is 0 Å². The number of benzene rings is 2. The van der Waals surface area contributed by atoms with E-state index >= 15 is 0 Å². The number of hydrogen-bond donors (Lipinski definition) is 4. The minimum absolute atomic E-state index is 0.00330. The molecule has 1 aliphatic heterocycles. The zero-order valence-corrected chi connectivity index (χ0v) is 20.0. The van der Waals surface area contributed by atoms with Crippen LogP contribution >= 0.6 is 22.6 Å². The number of halogens is 4. The second kappa shape index (κ2) is 9.40. The lowest BCUT2D eigenvalue weighted by molar-refractivity contribution is -0.0834. The summed E-state index contributed by atoms with van der Waals surface area (Å²) in [4.78, 5) is 14.4. The molecule has 0 bridgehead atoms. The second-order valence-electron chi connectivity index (χ2n) is 8.92. The molecule has 6 nitrogen and oxygen atoms in total. The van der Waals surface area contributed by atoms with Crippen LogP contribution in [-0.2, 0) is 0 Å². The Hall–Kier alpha value is -1.89. The van der Waals surface area contributed by atoms with Crippen LogP contribution < -0.4 is 10.6 Å². The Labute approximate surface area is 203 Å². The van der Waals surface area contributed by atoms with Gasteiger partial charge < -0.3 is 25.7 Å². The first-order valence-corrected chi connectivity index (χ1v) is 11.8. The lowest BCUT2D eigenvalue weighted by Crippen LogP contribution is -2.69. The lowest BCUT2D eigenvalue weighted by atomic mass is 9.90. The molecule has 0 unspecified atom stereocenters. The standard InChI is InChI=1S/C23H25F3IN3O3/c24-16-5-4-15(20(19(16)26)29-18-6-3-14(27)9-17(18)25)21(32)30-11-23(33,12-30)10-28-22(13-31)7-1-2-8-22/h3-6,9,28-29,31,33H,1-2,7-8,10-13H2. The molecule has 0 spiro atoms. The summed E-state index contributed by atoms with van der Waals surface area (Å²) in [7, 11) is 0. The van der Waals surface area contributed by atoms with Gasteiger partial charge in [0.15, 0.2) is 11.6 Å². The van der Waals surface area contributed by atoms with Gasteiger partial charge in [-0.3, -0.25) is 4.79 Å². The first-order valence-electron chi connectivity index (χ1n) is 10.7. The fourth-order valence-corrected chi connectivity index (χ4v) is 4.91. The van der Waals surface area contributed by atoms with E-state index in [-0.39, 0.29) is 37.5 Å². The van der Waals surface area contributed by atoms with Crippen molar-refractivity contribution in [1.29, 1.82) is 0 Å². The quantitative estimate of drug-likeness (QED) is 0.380. The van der Waals surface area contributed by atoms with Crippen molar-refractivity contribution >= 4 is 39.9 Å². The maximum absolute atomic E-state index is 14.6. The summed E-state index contributed by atoms with van der Waals surface area (Å²) in [6, 6.07) is 6.19. The Morgan fingerprint density at radius 2 is 1.79 bits per heavy atom. The molecule has 178 valence electrons. The van der Waals surface area contributed by atoms with E-state index in [9.17, 15) is 28.2 Å². The van der Waals surface area contributed by atoms with Crippen molar-refractivity contribution in [2.24, 2.45) is 0 Å². The van der Waals surface area contributed by atoms with E-state index in [1.807, 2.05) is 22.6 Å². The first kappa shape index (κ1) is 24.2. The fourth-order valence-electron chi connectivity index (χ4n) is 4.46. The molecule has 1 saturated carbocycles. The molecule has 0 atom stereocenters. The van der Waals surface area contributed by atoms with E-state index in [1.165, 1.54) is 17.0 Å². The van der Waals surface area contributed by atoms with E-state index in [0.29, 0.717) is 3.57 Å². The largest absolute Gasteiger partial charge is 0.394 e. The number of amides is 1. The molecule has 0 radical (unpaired) electrons. The third-order valence-corrected chi connectivity index (χ3v) is 7.10. The van der Waals surface area contributed by atoms with Crippen LogP contribution in [0.2, 0.25) is 0 Å². The molecule has 2 aromatic carbocycles. The topological polar surface area (TPSA) is 84.8 Å². The molecule has 33 heavy (non-hydrogen) atoms. The van der Waals surface area contributed by atoms with Crippen LogP contribution in [0.4, 0.5) is 24.5 Å². The summed E-state index contributed by atoms with van der Waals surface area (Å²) in [5, 5.41) is 26.3.